The Hall–Kier alpha value is -1.68. The average Bonchev–Trinajstić information content (AvgIpc) is 2.50. The number of hydrogen-bond donors (Lipinski definition) is 1. The predicted molar refractivity (Wildman–Crippen MR) is 91.4 cm³/mol. The van der Waals surface area contributed by atoms with Gasteiger partial charge in [0.25, 0.3) is 0 Å². The smallest absolute Gasteiger partial charge is 0.120 e. The van der Waals surface area contributed by atoms with Crippen LogP contribution in [0.15, 0.2) is 53.0 Å². The Morgan fingerprint density at radius 3 is 2.95 bits per heavy atom. The largest absolute Gasteiger partial charge is 0.492 e. The third-order valence-corrected chi connectivity index (χ3v) is 4.22. The van der Waals surface area contributed by atoms with Crippen LogP contribution < -0.4 is 15.0 Å². The third kappa shape index (κ3) is 3.32. The van der Waals surface area contributed by atoms with Gasteiger partial charge in [0.15, 0.2) is 0 Å². The molecule has 3 rings (SSSR count). The molecule has 1 N–H and O–H groups in total. The highest BCUT2D eigenvalue weighted by molar-refractivity contribution is 9.10. The molecule has 2 aromatic carbocycles. The van der Waals surface area contributed by atoms with Crippen molar-refractivity contribution in [3.63, 3.8) is 0 Å². The van der Waals surface area contributed by atoms with E-state index in [0.717, 1.165) is 23.3 Å². The lowest BCUT2D eigenvalue weighted by Crippen LogP contribution is -2.44. The van der Waals surface area contributed by atoms with Gasteiger partial charge in [-0.25, -0.2) is 0 Å². The molecule has 110 valence electrons. The molecule has 2 aromatic rings. The fraction of sp³-hybridized carbons (Fsp3) is 0.294. The second-order valence-electron chi connectivity index (χ2n) is 5.25. The molecule has 0 aliphatic carbocycles. The number of rotatable bonds is 4. The molecule has 0 spiro atoms. The van der Waals surface area contributed by atoms with Gasteiger partial charge < -0.3 is 15.0 Å². The minimum atomic E-state index is 0.464. The van der Waals surface area contributed by atoms with E-state index in [1.807, 2.05) is 24.3 Å². The maximum Gasteiger partial charge on any atom is 0.120 e. The van der Waals surface area contributed by atoms with Gasteiger partial charge in [0, 0.05) is 17.1 Å². The second-order valence-corrected chi connectivity index (χ2v) is 6.16. The quantitative estimate of drug-likeness (QED) is 0.899. The van der Waals surface area contributed by atoms with E-state index in [2.05, 4.69) is 57.3 Å². The number of anilines is 2. The SMILES string of the molecule is CC1CNc2ccccc2N1CCOc1cccc(Br)c1. The first-order chi connectivity index (χ1) is 10.2. The van der Waals surface area contributed by atoms with Crippen molar-refractivity contribution in [3.8, 4) is 5.75 Å². The van der Waals surface area contributed by atoms with Crippen molar-refractivity contribution in [2.45, 2.75) is 13.0 Å². The lowest BCUT2D eigenvalue weighted by atomic mass is 10.1. The highest BCUT2D eigenvalue weighted by Gasteiger charge is 2.21. The van der Waals surface area contributed by atoms with Gasteiger partial charge in [-0.1, -0.05) is 34.1 Å². The summed E-state index contributed by atoms with van der Waals surface area (Å²) >= 11 is 3.46. The van der Waals surface area contributed by atoms with E-state index in [1.54, 1.807) is 0 Å². The van der Waals surface area contributed by atoms with E-state index < -0.39 is 0 Å². The van der Waals surface area contributed by atoms with Crippen LogP contribution in [0.1, 0.15) is 6.92 Å². The molecule has 3 nitrogen and oxygen atoms in total. The van der Waals surface area contributed by atoms with E-state index in [4.69, 9.17) is 4.74 Å². The molecule has 0 bridgehead atoms. The van der Waals surface area contributed by atoms with Crippen LogP contribution in [0.5, 0.6) is 5.75 Å². The lowest BCUT2D eigenvalue weighted by Gasteiger charge is -2.37. The van der Waals surface area contributed by atoms with Crippen LogP contribution in [0.3, 0.4) is 0 Å². The second kappa shape index (κ2) is 6.39. The van der Waals surface area contributed by atoms with Gasteiger partial charge in [0.2, 0.25) is 0 Å². The number of nitrogens with zero attached hydrogens (tertiary/aromatic N) is 1. The highest BCUT2D eigenvalue weighted by Crippen LogP contribution is 2.30. The summed E-state index contributed by atoms with van der Waals surface area (Å²) in [7, 11) is 0. The van der Waals surface area contributed by atoms with Crippen molar-refractivity contribution in [1.29, 1.82) is 0 Å². The Kier molecular flexibility index (Phi) is 4.34. The lowest BCUT2D eigenvalue weighted by molar-refractivity contribution is 0.319. The first-order valence-electron chi connectivity index (χ1n) is 7.22. The van der Waals surface area contributed by atoms with Crippen LogP contribution in [0.25, 0.3) is 0 Å². The van der Waals surface area contributed by atoms with Crippen molar-refractivity contribution in [2.24, 2.45) is 0 Å². The molecule has 4 heteroatoms. The molecule has 1 unspecified atom stereocenters. The van der Waals surface area contributed by atoms with Gasteiger partial charge in [-0.05, 0) is 37.3 Å². The first-order valence-corrected chi connectivity index (χ1v) is 8.01. The Bertz CT molecular complexity index is 617. The summed E-state index contributed by atoms with van der Waals surface area (Å²) < 4.78 is 6.90. The van der Waals surface area contributed by atoms with Crippen molar-refractivity contribution in [3.05, 3.63) is 53.0 Å². The number of para-hydroxylation sites is 2. The maximum atomic E-state index is 5.86. The van der Waals surface area contributed by atoms with E-state index in [-0.39, 0.29) is 0 Å². The standard InChI is InChI=1S/C17H19BrN2O/c1-13-12-19-16-7-2-3-8-17(16)20(13)9-10-21-15-6-4-5-14(18)11-15/h2-8,11,13,19H,9-10,12H2,1H3. The molecular weight excluding hydrogens is 328 g/mol. The molecular formula is C17H19BrN2O. The van der Waals surface area contributed by atoms with Crippen molar-refractivity contribution < 1.29 is 4.74 Å². The van der Waals surface area contributed by atoms with Crippen LogP contribution in [0.2, 0.25) is 0 Å². The zero-order valence-electron chi connectivity index (χ0n) is 12.1. The Balaban J connectivity index is 1.65. The normalized spacial score (nSPS) is 17.0. The maximum absolute atomic E-state index is 5.86. The van der Waals surface area contributed by atoms with E-state index in [9.17, 15) is 0 Å². The Labute approximate surface area is 134 Å². The fourth-order valence-corrected chi connectivity index (χ4v) is 3.02. The van der Waals surface area contributed by atoms with E-state index >= 15 is 0 Å². The molecule has 0 radical (unpaired) electrons. The predicted octanol–water partition coefficient (Wildman–Crippen LogP) is 4.15. The molecule has 1 atom stereocenters. The summed E-state index contributed by atoms with van der Waals surface area (Å²) in [4.78, 5) is 2.41. The van der Waals surface area contributed by atoms with Gasteiger partial charge in [-0.3, -0.25) is 0 Å². The third-order valence-electron chi connectivity index (χ3n) is 3.73. The Morgan fingerprint density at radius 2 is 2.10 bits per heavy atom. The molecule has 21 heavy (non-hydrogen) atoms. The molecule has 0 fully saturated rings. The van der Waals surface area contributed by atoms with Crippen LogP contribution in [-0.2, 0) is 0 Å². The average molecular weight is 347 g/mol. The van der Waals surface area contributed by atoms with Gasteiger partial charge in [0.05, 0.1) is 17.9 Å². The summed E-state index contributed by atoms with van der Waals surface area (Å²) in [6, 6.07) is 16.9. The molecule has 0 amide bonds. The zero-order chi connectivity index (χ0) is 14.7. The van der Waals surface area contributed by atoms with Crippen molar-refractivity contribution in [2.75, 3.05) is 29.9 Å². The zero-order valence-corrected chi connectivity index (χ0v) is 13.6. The van der Waals surface area contributed by atoms with Crippen LogP contribution in [0, 0.1) is 0 Å². The summed E-state index contributed by atoms with van der Waals surface area (Å²) in [5.41, 5.74) is 2.46. The van der Waals surface area contributed by atoms with Gasteiger partial charge >= 0.3 is 0 Å². The molecule has 1 aliphatic rings. The number of fused-ring (bicyclic) bond motifs is 1. The number of benzene rings is 2. The minimum Gasteiger partial charge on any atom is -0.492 e. The monoisotopic (exact) mass is 346 g/mol. The summed E-state index contributed by atoms with van der Waals surface area (Å²) in [6.07, 6.45) is 0. The minimum absolute atomic E-state index is 0.464. The molecule has 0 saturated heterocycles. The van der Waals surface area contributed by atoms with Crippen LogP contribution >= 0.6 is 15.9 Å². The number of ether oxygens (including phenoxy) is 1. The first kappa shape index (κ1) is 14.3. The fourth-order valence-electron chi connectivity index (χ4n) is 2.64. The summed E-state index contributed by atoms with van der Waals surface area (Å²) in [5.74, 6) is 0.903. The van der Waals surface area contributed by atoms with Crippen molar-refractivity contribution in [1.82, 2.24) is 0 Å². The topological polar surface area (TPSA) is 24.5 Å². The molecule has 0 saturated carbocycles. The van der Waals surface area contributed by atoms with Gasteiger partial charge in [0.1, 0.15) is 12.4 Å². The molecule has 1 aliphatic heterocycles. The van der Waals surface area contributed by atoms with Gasteiger partial charge in [-0.15, -0.1) is 0 Å². The summed E-state index contributed by atoms with van der Waals surface area (Å²) in [5, 5.41) is 3.47. The summed E-state index contributed by atoms with van der Waals surface area (Å²) in [6.45, 7) is 4.76. The van der Waals surface area contributed by atoms with Crippen LogP contribution in [-0.4, -0.2) is 25.7 Å². The Morgan fingerprint density at radius 1 is 1.24 bits per heavy atom. The molecule has 1 heterocycles. The molecule has 0 aromatic heterocycles. The van der Waals surface area contributed by atoms with E-state index in [1.165, 1.54) is 11.4 Å². The van der Waals surface area contributed by atoms with Gasteiger partial charge in [-0.2, -0.15) is 0 Å². The number of nitrogens with one attached hydrogen (secondary N) is 1. The number of hydrogen-bond acceptors (Lipinski definition) is 3. The van der Waals surface area contributed by atoms with E-state index in [0.29, 0.717) is 12.6 Å². The number of halogens is 1. The highest BCUT2D eigenvalue weighted by atomic mass is 79.9. The van der Waals surface area contributed by atoms with Crippen molar-refractivity contribution >= 4 is 27.3 Å². The van der Waals surface area contributed by atoms with Crippen LogP contribution in [0.4, 0.5) is 11.4 Å².